The van der Waals surface area contributed by atoms with Gasteiger partial charge in [0, 0.05) is 13.1 Å². The Bertz CT molecular complexity index is 223. The number of carbonyl (C=O) groups is 1. The van der Waals surface area contributed by atoms with E-state index in [0.29, 0.717) is 0 Å². The molecule has 1 saturated heterocycles. The maximum atomic E-state index is 11.2. The summed E-state index contributed by atoms with van der Waals surface area (Å²) in [6, 6.07) is -1.32. The Balaban J connectivity index is 2.75. The molecule has 82 valence electrons. The number of piperidine rings is 1. The molecule has 1 aliphatic rings. The normalized spacial score (nSPS) is 43.4. The molecule has 0 spiro atoms. The summed E-state index contributed by atoms with van der Waals surface area (Å²) in [5, 5.41) is 33.4. The minimum atomic E-state index is -1.30. The summed E-state index contributed by atoms with van der Waals surface area (Å²) < 4.78 is 0. The van der Waals surface area contributed by atoms with Crippen LogP contribution in [0.15, 0.2) is 0 Å². The van der Waals surface area contributed by atoms with Gasteiger partial charge in [0.15, 0.2) is 0 Å². The van der Waals surface area contributed by atoms with Crippen molar-refractivity contribution in [2.24, 2.45) is 0 Å². The minimum absolute atomic E-state index is 0.407. The van der Waals surface area contributed by atoms with Crippen LogP contribution in [0.3, 0.4) is 0 Å². The van der Waals surface area contributed by atoms with Gasteiger partial charge in [-0.15, -0.1) is 0 Å². The summed E-state index contributed by atoms with van der Waals surface area (Å²) in [6.07, 6.45) is -3.65. The standard InChI is InChI=1S/C8H16N2O4/c1-3-5(11)7(13)6(12)4(10-3)8(14)9-2/h3-7,10-13H,1-2H3,(H,9,14)/t3-,4-,5+,6+,7-/m1/s1. The third-order valence-electron chi connectivity index (χ3n) is 2.52. The van der Waals surface area contributed by atoms with Crippen LogP contribution in [-0.2, 0) is 4.79 Å². The fourth-order valence-corrected chi connectivity index (χ4v) is 1.56. The summed E-state index contributed by atoms with van der Waals surface area (Å²) in [5.41, 5.74) is 0. The van der Waals surface area contributed by atoms with Gasteiger partial charge in [-0.25, -0.2) is 0 Å². The van der Waals surface area contributed by atoms with Crippen molar-refractivity contribution >= 4 is 5.91 Å². The first-order valence-electron chi connectivity index (χ1n) is 4.51. The van der Waals surface area contributed by atoms with E-state index >= 15 is 0 Å². The lowest BCUT2D eigenvalue weighted by molar-refractivity contribution is -0.141. The second kappa shape index (κ2) is 4.22. The number of amides is 1. The largest absolute Gasteiger partial charge is 0.389 e. The lowest BCUT2D eigenvalue weighted by Gasteiger charge is -2.39. The zero-order valence-corrected chi connectivity index (χ0v) is 8.14. The highest BCUT2D eigenvalue weighted by atomic mass is 16.4. The predicted octanol–water partition coefficient (Wildman–Crippen LogP) is -2.82. The SMILES string of the molecule is CNC(=O)[C@@H]1N[C@H](C)[C@H](O)[C@@H](O)[C@H]1O. The number of rotatable bonds is 1. The topological polar surface area (TPSA) is 102 Å². The van der Waals surface area contributed by atoms with Gasteiger partial charge in [-0.3, -0.25) is 10.1 Å². The molecule has 0 saturated carbocycles. The fraction of sp³-hybridized carbons (Fsp3) is 0.875. The highest BCUT2D eigenvalue weighted by Crippen LogP contribution is 2.15. The van der Waals surface area contributed by atoms with Gasteiger partial charge in [0.05, 0.1) is 6.10 Å². The number of hydrogen-bond acceptors (Lipinski definition) is 5. The summed E-state index contributed by atoms with van der Waals surface area (Å²) >= 11 is 0. The average molecular weight is 204 g/mol. The fourth-order valence-electron chi connectivity index (χ4n) is 1.56. The van der Waals surface area contributed by atoms with Gasteiger partial charge < -0.3 is 20.6 Å². The summed E-state index contributed by atoms with van der Waals surface area (Å²) in [7, 11) is 1.44. The van der Waals surface area contributed by atoms with Crippen LogP contribution in [0.2, 0.25) is 0 Å². The molecule has 0 aromatic carbocycles. The van der Waals surface area contributed by atoms with Crippen molar-refractivity contribution in [3.63, 3.8) is 0 Å². The van der Waals surface area contributed by atoms with Crippen molar-refractivity contribution in [2.75, 3.05) is 7.05 Å². The van der Waals surface area contributed by atoms with Crippen LogP contribution in [0, 0.1) is 0 Å². The van der Waals surface area contributed by atoms with Gasteiger partial charge in [-0.2, -0.15) is 0 Å². The second-order valence-corrected chi connectivity index (χ2v) is 3.52. The smallest absolute Gasteiger partial charge is 0.239 e. The Hall–Kier alpha value is -0.690. The summed E-state index contributed by atoms with van der Waals surface area (Å²) in [4.78, 5) is 11.2. The first-order valence-corrected chi connectivity index (χ1v) is 4.51. The van der Waals surface area contributed by atoms with E-state index in [0.717, 1.165) is 0 Å². The van der Waals surface area contributed by atoms with Crippen molar-refractivity contribution in [1.29, 1.82) is 0 Å². The molecule has 1 amide bonds. The third kappa shape index (κ3) is 1.88. The van der Waals surface area contributed by atoms with Crippen LogP contribution >= 0.6 is 0 Å². The first kappa shape index (κ1) is 11.4. The zero-order valence-electron chi connectivity index (χ0n) is 8.14. The van der Waals surface area contributed by atoms with Crippen molar-refractivity contribution in [3.05, 3.63) is 0 Å². The number of aliphatic hydroxyl groups excluding tert-OH is 3. The van der Waals surface area contributed by atoms with E-state index in [4.69, 9.17) is 0 Å². The lowest BCUT2D eigenvalue weighted by atomic mass is 9.91. The van der Waals surface area contributed by atoms with E-state index in [1.165, 1.54) is 7.05 Å². The van der Waals surface area contributed by atoms with E-state index in [1.807, 2.05) is 0 Å². The van der Waals surface area contributed by atoms with E-state index < -0.39 is 36.3 Å². The quantitative estimate of drug-likeness (QED) is 0.317. The van der Waals surface area contributed by atoms with Crippen LogP contribution in [-0.4, -0.2) is 58.7 Å². The molecule has 1 fully saturated rings. The zero-order chi connectivity index (χ0) is 10.9. The Morgan fingerprint density at radius 3 is 2.29 bits per heavy atom. The third-order valence-corrected chi connectivity index (χ3v) is 2.52. The van der Waals surface area contributed by atoms with Gasteiger partial charge in [0.25, 0.3) is 0 Å². The molecule has 0 bridgehead atoms. The van der Waals surface area contributed by atoms with E-state index in [2.05, 4.69) is 10.6 Å². The van der Waals surface area contributed by atoms with E-state index in [9.17, 15) is 20.1 Å². The molecule has 5 atom stereocenters. The lowest BCUT2D eigenvalue weighted by Crippen LogP contribution is -2.67. The first-order chi connectivity index (χ1) is 6.49. The highest BCUT2D eigenvalue weighted by molar-refractivity contribution is 5.82. The van der Waals surface area contributed by atoms with Gasteiger partial charge in [0.2, 0.25) is 5.91 Å². The predicted molar refractivity (Wildman–Crippen MR) is 48.5 cm³/mol. The molecule has 1 rings (SSSR count). The monoisotopic (exact) mass is 204 g/mol. The van der Waals surface area contributed by atoms with Crippen LogP contribution in [0.25, 0.3) is 0 Å². The number of aliphatic hydroxyl groups is 3. The summed E-state index contributed by atoms with van der Waals surface area (Å²) in [6.45, 7) is 1.63. The van der Waals surface area contributed by atoms with Crippen LogP contribution in [0.4, 0.5) is 0 Å². The maximum absolute atomic E-state index is 11.2. The van der Waals surface area contributed by atoms with Gasteiger partial charge >= 0.3 is 0 Å². The Morgan fingerprint density at radius 1 is 1.21 bits per heavy atom. The Morgan fingerprint density at radius 2 is 1.79 bits per heavy atom. The van der Waals surface area contributed by atoms with E-state index in [1.54, 1.807) is 6.92 Å². The second-order valence-electron chi connectivity index (χ2n) is 3.52. The van der Waals surface area contributed by atoms with Crippen LogP contribution < -0.4 is 10.6 Å². The van der Waals surface area contributed by atoms with Gasteiger partial charge in [-0.05, 0) is 6.92 Å². The van der Waals surface area contributed by atoms with E-state index in [-0.39, 0.29) is 0 Å². The maximum Gasteiger partial charge on any atom is 0.239 e. The van der Waals surface area contributed by atoms with Crippen molar-refractivity contribution in [2.45, 2.75) is 37.3 Å². The molecule has 5 N–H and O–H groups in total. The van der Waals surface area contributed by atoms with Crippen molar-refractivity contribution in [3.8, 4) is 0 Å². The van der Waals surface area contributed by atoms with Gasteiger partial charge in [-0.1, -0.05) is 0 Å². The number of hydrogen-bond donors (Lipinski definition) is 5. The molecule has 6 heteroatoms. The molecule has 6 nitrogen and oxygen atoms in total. The minimum Gasteiger partial charge on any atom is -0.389 e. The molecule has 0 aliphatic carbocycles. The highest BCUT2D eigenvalue weighted by Gasteiger charge is 2.43. The Labute approximate surface area is 81.9 Å². The molecular formula is C8H16N2O4. The Kier molecular flexibility index (Phi) is 3.43. The molecule has 0 aromatic heterocycles. The van der Waals surface area contributed by atoms with Crippen molar-refractivity contribution in [1.82, 2.24) is 10.6 Å². The molecule has 0 radical (unpaired) electrons. The number of nitrogens with one attached hydrogen (secondary N) is 2. The molecule has 14 heavy (non-hydrogen) atoms. The van der Waals surface area contributed by atoms with Crippen molar-refractivity contribution < 1.29 is 20.1 Å². The molecule has 1 aliphatic heterocycles. The summed E-state index contributed by atoms with van der Waals surface area (Å²) in [5.74, 6) is -0.407. The van der Waals surface area contributed by atoms with Crippen LogP contribution in [0.1, 0.15) is 6.92 Å². The molecule has 0 unspecified atom stereocenters. The number of likely N-dealkylation sites (N-methyl/N-ethyl adjacent to an activating group) is 1. The van der Waals surface area contributed by atoms with Gasteiger partial charge in [0.1, 0.15) is 18.2 Å². The average Bonchev–Trinajstić information content (AvgIpc) is 2.19. The number of carbonyl (C=O) groups excluding carboxylic acids is 1. The molecular weight excluding hydrogens is 188 g/mol. The molecule has 0 aromatic rings. The molecule has 1 heterocycles. The van der Waals surface area contributed by atoms with Crippen LogP contribution in [0.5, 0.6) is 0 Å².